The fourth-order valence-electron chi connectivity index (χ4n) is 3.37. The van der Waals surface area contributed by atoms with Crippen LogP contribution in [0.2, 0.25) is 0 Å². The fourth-order valence-corrected chi connectivity index (χ4v) is 3.80. The van der Waals surface area contributed by atoms with Crippen LogP contribution >= 0.6 is 0 Å². The van der Waals surface area contributed by atoms with Gasteiger partial charge in [-0.15, -0.1) is 0 Å². The van der Waals surface area contributed by atoms with Crippen LogP contribution in [0.3, 0.4) is 0 Å². The summed E-state index contributed by atoms with van der Waals surface area (Å²) in [5.74, 6) is -0.294. The van der Waals surface area contributed by atoms with Crippen molar-refractivity contribution in [2.24, 2.45) is 0 Å². The number of ether oxygens (including phenoxy) is 2. The van der Waals surface area contributed by atoms with Gasteiger partial charge in [0.1, 0.15) is 5.75 Å². The van der Waals surface area contributed by atoms with E-state index in [9.17, 15) is 21.6 Å². The van der Waals surface area contributed by atoms with E-state index in [1.165, 1.54) is 7.11 Å². The van der Waals surface area contributed by atoms with Gasteiger partial charge in [0.25, 0.3) is 0 Å². The molecular formula is C17H18F3NO5S. The molecule has 3 rings (SSSR count). The topological polar surface area (TPSA) is 74.7 Å². The number of pyridine rings is 1. The molecule has 0 saturated heterocycles. The average Bonchev–Trinajstić information content (AvgIpc) is 2.59. The Morgan fingerprint density at radius 3 is 2.52 bits per heavy atom. The molecule has 1 aromatic carbocycles. The third-order valence-corrected chi connectivity index (χ3v) is 5.60. The second-order valence-corrected chi connectivity index (χ2v) is 7.91. The van der Waals surface area contributed by atoms with Crippen molar-refractivity contribution in [3.63, 3.8) is 0 Å². The molecule has 0 radical (unpaired) electrons. The van der Waals surface area contributed by atoms with Crippen LogP contribution in [0.15, 0.2) is 18.2 Å². The molecule has 0 bridgehead atoms. The minimum absolute atomic E-state index is 0.156. The minimum atomic E-state index is -5.83. The summed E-state index contributed by atoms with van der Waals surface area (Å²) < 4.78 is 76.6. The smallest absolute Gasteiger partial charge is 0.497 e. The fraction of sp³-hybridized carbons (Fsp3) is 0.471. The van der Waals surface area contributed by atoms with Crippen LogP contribution in [0.25, 0.3) is 10.9 Å². The van der Waals surface area contributed by atoms with Crippen LogP contribution in [0, 0.1) is 0 Å². The summed E-state index contributed by atoms with van der Waals surface area (Å²) in [6.45, 7) is 1.77. The van der Waals surface area contributed by atoms with Gasteiger partial charge in [-0.2, -0.15) is 21.6 Å². The normalized spacial score (nSPS) is 20.4. The third-order valence-electron chi connectivity index (χ3n) is 4.65. The van der Waals surface area contributed by atoms with Gasteiger partial charge in [-0.3, -0.25) is 0 Å². The van der Waals surface area contributed by atoms with Crippen molar-refractivity contribution >= 4 is 21.0 Å². The highest BCUT2D eigenvalue weighted by Crippen LogP contribution is 2.43. The molecule has 2 atom stereocenters. The molecule has 1 aromatic heterocycles. The quantitative estimate of drug-likeness (QED) is 0.572. The summed E-state index contributed by atoms with van der Waals surface area (Å²) in [6, 6.07) is 4.85. The zero-order valence-corrected chi connectivity index (χ0v) is 15.6. The van der Waals surface area contributed by atoms with E-state index in [0.717, 1.165) is 0 Å². The first-order valence-electron chi connectivity index (χ1n) is 8.11. The second kappa shape index (κ2) is 6.83. The molecule has 10 heteroatoms. The van der Waals surface area contributed by atoms with Crippen LogP contribution in [-0.2, 0) is 21.3 Å². The Morgan fingerprint density at radius 1 is 1.22 bits per heavy atom. The van der Waals surface area contributed by atoms with Crippen molar-refractivity contribution in [3.05, 3.63) is 29.3 Å². The molecule has 0 spiro atoms. The molecule has 6 nitrogen and oxygen atoms in total. The molecule has 2 unspecified atom stereocenters. The Kier molecular flexibility index (Phi) is 4.98. The van der Waals surface area contributed by atoms with E-state index in [1.54, 1.807) is 32.2 Å². The van der Waals surface area contributed by atoms with E-state index < -0.39 is 21.5 Å². The van der Waals surface area contributed by atoms with Crippen molar-refractivity contribution in [3.8, 4) is 11.6 Å². The maximum atomic E-state index is 12.8. The Morgan fingerprint density at radius 2 is 1.93 bits per heavy atom. The molecule has 27 heavy (non-hydrogen) atoms. The highest BCUT2D eigenvalue weighted by atomic mass is 32.2. The average molecular weight is 405 g/mol. The Hall–Kier alpha value is -2.07. The number of fused-ring (bicyclic) bond motifs is 3. The molecule has 0 amide bonds. The zero-order chi connectivity index (χ0) is 20.0. The predicted octanol–water partition coefficient (Wildman–Crippen LogP) is 3.54. The number of aromatic nitrogens is 1. The number of rotatable bonds is 4. The molecule has 1 heterocycles. The van der Waals surface area contributed by atoms with Crippen LogP contribution in [0.5, 0.6) is 11.6 Å². The maximum absolute atomic E-state index is 12.8. The summed E-state index contributed by atoms with van der Waals surface area (Å²) >= 11 is 0. The number of hydrogen-bond donors (Lipinski definition) is 0. The molecule has 2 aromatic rings. The lowest BCUT2D eigenvalue weighted by Gasteiger charge is -2.30. The van der Waals surface area contributed by atoms with E-state index >= 15 is 0 Å². The lowest BCUT2D eigenvalue weighted by atomic mass is 9.81. The summed E-state index contributed by atoms with van der Waals surface area (Å²) in [4.78, 5) is 4.07. The van der Waals surface area contributed by atoms with E-state index in [0.29, 0.717) is 40.6 Å². The SMILES string of the molecule is COc1ccc2nc(OS(=O)(=O)C(F)(F)F)c3c(c2c1)CC(OC)CC3C. The van der Waals surface area contributed by atoms with Crippen LogP contribution in [-0.4, -0.2) is 39.2 Å². The summed E-state index contributed by atoms with van der Waals surface area (Å²) in [7, 11) is -2.78. The van der Waals surface area contributed by atoms with E-state index in [4.69, 9.17) is 9.47 Å². The van der Waals surface area contributed by atoms with Gasteiger partial charge in [0, 0.05) is 18.1 Å². The third kappa shape index (κ3) is 3.55. The van der Waals surface area contributed by atoms with Gasteiger partial charge in [-0.05, 0) is 42.5 Å². The number of alkyl halides is 3. The summed E-state index contributed by atoms with van der Waals surface area (Å²) in [5.41, 5.74) is -4.23. The molecule has 1 aliphatic carbocycles. The second-order valence-electron chi connectivity index (χ2n) is 6.37. The molecule has 0 fully saturated rings. The summed E-state index contributed by atoms with van der Waals surface area (Å²) in [6.07, 6.45) is 0.741. The molecule has 0 saturated carbocycles. The largest absolute Gasteiger partial charge is 0.534 e. The van der Waals surface area contributed by atoms with Crippen LogP contribution in [0.4, 0.5) is 13.2 Å². The van der Waals surface area contributed by atoms with Crippen molar-refractivity contribution < 1.29 is 35.2 Å². The van der Waals surface area contributed by atoms with E-state index in [2.05, 4.69) is 9.17 Å². The first-order valence-corrected chi connectivity index (χ1v) is 9.52. The lowest BCUT2D eigenvalue weighted by molar-refractivity contribution is -0.0501. The predicted molar refractivity (Wildman–Crippen MR) is 91.4 cm³/mol. The van der Waals surface area contributed by atoms with Crippen molar-refractivity contribution in [1.82, 2.24) is 4.98 Å². The number of nitrogens with zero attached hydrogens (tertiary/aromatic N) is 1. The zero-order valence-electron chi connectivity index (χ0n) is 14.8. The highest BCUT2D eigenvalue weighted by Gasteiger charge is 2.49. The van der Waals surface area contributed by atoms with Crippen molar-refractivity contribution in [2.45, 2.75) is 37.3 Å². The number of methoxy groups -OCH3 is 2. The minimum Gasteiger partial charge on any atom is -0.497 e. The van der Waals surface area contributed by atoms with Gasteiger partial charge >= 0.3 is 15.6 Å². The Balaban J connectivity index is 2.25. The van der Waals surface area contributed by atoms with Crippen LogP contribution in [0.1, 0.15) is 30.4 Å². The van der Waals surface area contributed by atoms with Crippen molar-refractivity contribution in [2.75, 3.05) is 14.2 Å². The van der Waals surface area contributed by atoms with Crippen molar-refractivity contribution in [1.29, 1.82) is 0 Å². The molecular weight excluding hydrogens is 387 g/mol. The standard InChI is InChI=1S/C17H18F3NO5S/c1-9-6-11(25-3)8-13-12-7-10(24-2)4-5-14(12)21-16(15(9)13)26-27(22,23)17(18,19)20/h4-5,7,9,11H,6,8H2,1-3H3. The first-order chi connectivity index (χ1) is 12.6. The van der Waals surface area contributed by atoms with E-state index in [1.807, 2.05) is 0 Å². The summed E-state index contributed by atoms with van der Waals surface area (Å²) in [5, 5.41) is 0.662. The lowest BCUT2D eigenvalue weighted by Crippen LogP contribution is -2.30. The monoisotopic (exact) mass is 405 g/mol. The maximum Gasteiger partial charge on any atom is 0.534 e. The number of hydrogen-bond acceptors (Lipinski definition) is 6. The van der Waals surface area contributed by atoms with E-state index in [-0.39, 0.29) is 12.0 Å². The van der Waals surface area contributed by atoms with Gasteiger partial charge in [0.15, 0.2) is 0 Å². The van der Waals surface area contributed by atoms with Gasteiger partial charge in [-0.25, -0.2) is 4.98 Å². The first kappa shape index (κ1) is 19.7. The van der Waals surface area contributed by atoms with Gasteiger partial charge in [0.05, 0.1) is 18.7 Å². The molecule has 148 valence electrons. The molecule has 0 aliphatic heterocycles. The highest BCUT2D eigenvalue weighted by molar-refractivity contribution is 7.87. The number of benzene rings is 1. The van der Waals surface area contributed by atoms with Crippen LogP contribution < -0.4 is 8.92 Å². The van der Waals surface area contributed by atoms with Gasteiger partial charge in [0.2, 0.25) is 5.88 Å². The van der Waals surface area contributed by atoms with Gasteiger partial charge in [-0.1, -0.05) is 6.92 Å². The van der Waals surface area contributed by atoms with Gasteiger partial charge < -0.3 is 13.7 Å². The number of halogens is 3. The molecule has 1 aliphatic rings. The molecule has 0 N–H and O–H groups in total. The Labute approximate surface area is 154 Å². The Bertz CT molecular complexity index is 975.